The van der Waals surface area contributed by atoms with Gasteiger partial charge in [-0.15, -0.1) is 0 Å². The first-order chi connectivity index (χ1) is 15.1. The molecule has 1 aliphatic carbocycles. The molecule has 0 saturated heterocycles. The Morgan fingerprint density at radius 2 is 1.68 bits per heavy atom. The van der Waals surface area contributed by atoms with Crippen molar-refractivity contribution in [2.24, 2.45) is 0 Å². The maximum absolute atomic E-state index is 13.4. The van der Waals surface area contributed by atoms with E-state index in [4.69, 9.17) is 0 Å². The van der Waals surface area contributed by atoms with Crippen molar-refractivity contribution in [2.45, 2.75) is 45.4 Å². The van der Waals surface area contributed by atoms with Crippen molar-refractivity contribution in [3.05, 3.63) is 88.3 Å². The summed E-state index contributed by atoms with van der Waals surface area (Å²) in [7, 11) is 0. The van der Waals surface area contributed by atoms with Gasteiger partial charge in [0.15, 0.2) is 5.78 Å². The van der Waals surface area contributed by atoms with Crippen LogP contribution in [0.5, 0.6) is 0 Å². The normalized spacial score (nSPS) is 20.8. The van der Waals surface area contributed by atoms with Gasteiger partial charge in [0, 0.05) is 42.2 Å². The quantitative estimate of drug-likeness (QED) is 0.714. The molecule has 0 bridgehead atoms. The number of nitrogens with one attached hydrogen (secondary N) is 1. The molecule has 4 heteroatoms. The molecule has 158 valence electrons. The van der Waals surface area contributed by atoms with Crippen LogP contribution in [-0.2, 0) is 4.79 Å². The van der Waals surface area contributed by atoms with Gasteiger partial charge in [-0.25, -0.2) is 0 Å². The summed E-state index contributed by atoms with van der Waals surface area (Å²) in [6.45, 7) is 8.12. The highest BCUT2D eigenvalue weighted by Gasteiger charge is 2.38. The Balaban J connectivity index is 1.73. The van der Waals surface area contributed by atoms with Crippen LogP contribution in [-0.4, -0.2) is 18.9 Å². The van der Waals surface area contributed by atoms with E-state index >= 15 is 0 Å². The number of dihydropyridines is 1. The molecule has 0 amide bonds. The van der Waals surface area contributed by atoms with E-state index in [0.29, 0.717) is 12.0 Å². The van der Waals surface area contributed by atoms with Crippen molar-refractivity contribution in [3.8, 4) is 6.07 Å². The third kappa shape index (κ3) is 3.88. The number of carbonyl (C=O) groups is 1. The van der Waals surface area contributed by atoms with Gasteiger partial charge >= 0.3 is 0 Å². The Morgan fingerprint density at radius 1 is 1.00 bits per heavy atom. The second-order valence-corrected chi connectivity index (χ2v) is 8.30. The van der Waals surface area contributed by atoms with Gasteiger partial charge < -0.3 is 10.2 Å². The minimum atomic E-state index is -0.295. The van der Waals surface area contributed by atoms with Crippen molar-refractivity contribution in [3.63, 3.8) is 0 Å². The molecule has 2 atom stereocenters. The van der Waals surface area contributed by atoms with Gasteiger partial charge in [-0.05, 0) is 56.4 Å². The molecule has 0 spiro atoms. The highest BCUT2D eigenvalue weighted by Crippen LogP contribution is 2.45. The number of hydrogen-bond acceptors (Lipinski definition) is 4. The van der Waals surface area contributed by atoms with E-state index in [1.54, 1.807) is 0 Å². The number of Topliss-reactive ketones (excluding diaryl/α,β-unsaturated/α-hetero) is 1. The van der Waals surface area contributed by atoms with E-state index < -0.39 is 0 Å². The number of carbonyl (C=O) groups excluding carboxylic acids is 1. The van der Waals surface area contributed by atoms with E-state index in [0.717, 1.165) is 47.7 Å². The highest BCUT2D eigenvalue weighted by molar-refractivity contribution is 6.00. The zero-order valence-corrected chi connectivity index (χ0v) is 18.5. The number of anilines is 1. The van der Waals surface area contributed by atoms with Crippen LogP contribution in [0.2, 0.25) is 0 Å². The minimum Gasteiger partial charge on any atom is -0.372 e. The molecule has 4 nitrogen and oxygen atoms in total. The summed E-state index contributed by atoms with van der Waals surface area (Å²) in [6, 6.07) is 21.0. The van der Waals surface area contributed by atoms with Crippen molar-refractivity contribution in [2.75, 3.05) is 18.0 Å². The number of nitriles is 1. The Bertz CT molecular complexity index is 1070. The van der Waals surface area contributed by atoms with Gasteiger partial charge in [0.25, 0.3) is 0 Å². The molecule has 0 unspecified atom stereocenters. The van der Waals surface area contributed by atoms with Crippen molar-refractivity contribution < 1.29 is 4.79 Å². The monoisotopic (exact) mass is 411 g/mol. The zero-order chi connectivity index (χ0) is 22.0. The summed E-state index contributed by atoms with van der Waals surface area (Å²) in [5.41, 5.74) is 6.59. The first-order valence-corrected chi connectivity index (χ1v) is 11.1. The predicted molar refractivity (Wildman–Crippen MR) is 125 cm³/mol. The molecule has 1 heterocycles. The Morgan fingerprint density at radius 3 is 2.29 bits per heavy atom. The number of rotatable bonds is 5. The van der Waals surface area contributed by atoms with Crippen LogP contribution in [0.3, 0.4) is 0 Å². The van der Waals surface area contributed by atoms with Gasteiger partial charge in [-0.1, -0.05) is 42.5 Å². The van der Waals surface area contributed by atoms with E-state index in [-0.39, 0.29) is 17.6 Å². The number of benzene rings is 2. The molecule has 31 heavy (non-hydrogen) atoms. The van der Waals surface area contributed by atoms with E-state index in [2.05, 4.69) is 66.5 Å². The molecule has 2 aromatic carbocycles. The average Bonchev–Trinajstić information content (AvgIpc) is 2.80. The molecule has 1 aliphatic heterocycles. The smallest absolute Gasteiger partial charge is 0.162 e. The van der Waals surface area contributed by atoms with Crippen LogP contribution in [0.1, 0.15) is 56.6 Å². The minimum absolute atomic E-state index is 0.140. The molecule has 4 rings (SSSR count). The molecule has 2 aromatic rings. The lowest BCUT2D eigenvalue weighted by Crippen LogP contribution is -2.33. The zero-order valence-electron chi connectivity index (χ0n) is 18.5. The number of hydrogen-bond donors (Lipinski definition) is 1. The second kappa shape index (κ2) is 8.81. The van der Waals surface area contributed by atoms with Crippen LogP contribution < -0.4 is 10.2 Å². The fourth-order valence-corrected chi connectivity index (χ4v) is 4.95. The molecule has 0 saturated carbocycles. The molecule has 1 N–H and O–H groups in total. The number of ketones is 1. The van der Waals surface area contributed by atoms with Gasteiger partial charge in [-0.3, -0.25) is 4.79 Å². The summed E-state index contributed by atoms with van der Waals surface area (Å²) in [6.07, 6.45) is 1.27. The summed E-state index contributed by atoms with van der Waals surface area (Å²) >= 11 is 0. The first kappa shape index (κ1) is 20.9. The molecule has 0 aromatic heterocycles. The lowest BCUT2D eigenvalue weighted by Gasteiger charge is -2.35. The van der Waals surface area contributed by atoms with Crippen LogP contribution in [0, 0.1) is 11.3 Å². The topological polar surface area (TPSA) is 56.1 Å². The average molecular weight is 412 g/mol. The lowest BCUT2D eigenvalue weighted by molar-refractivity contribution is -0.116. The summed E-state index contributed by atoms with van der Waals surface area (Å²) in [4.78, 5) is 15.7. The van der Waals surface area contributed by atoms with E-state index in [1.165, 1.54) is 5.56 Å². The summed E-state index contributed by atoms with van der Waals surface area (Å²) in [5, 5.41) is 13.3. The van der Waals surface area contributed by atoms with E-state index in [9.17, 15) is 10.1 Å². The highest BCUT2D eigenvalue weighted by atomic mass is 16.1. The summed E-state index contributed by atoms with van der Waals surface area (Å²) < 4.78 is 0. The van der Waals surface area contributed by atoms with Gasteiger partial charge in [0.05, 0.1) is 17.6 Å². The molecule has 0 radical (unpaired) electrons. The molecule has 2 aliphatic rings. The van der Waals surface area contributed by atoms with Crippen LogP contribution in [0.15, 0.2) is 77.1 Å². The standard InChI is InChI=1S/C27H29N3O/c1-4-30(5-2)22-13-11-20(12-14-22)26-23(17-28)18(3)29-24-15-21(16-25(31)27(24)26)19-9-7-6-8-10-19/h6-14,21,26,29H,4-5,15-16H2,1-3H3/t21-,26-/m1/s1. The second-order valence-electron chi connectivity index (χ2n) is 8.30. The predicted octanol–water partition coefficient (Wildman–Crippen LogP) is 5.42. The molecular formula is C27H29N3O. The fourth-order valence-electron chi connectivity index (χ4n) is 4.95. The maximum atomic E-state index is 13.4. The number of allylic oxidation sites excluding steroid dienone is 4. The lowest BCUT2D eigenvalue weighted by atomic mass is 9.72. The van der Waals surface area contributed by atoms with Gasteiger partial charge in [-0.2, -0.15) is 5.26 Å². The molecule has 0 fully saturated rings. The fraction of sp³-hybridized carbons (Fsp3) is 0.333. The largest absolute Gasteiger partial charge is 0.372 e. The molecular weight excluding hydrogens is 382 g/mol. The Hall–Kier alpha value is -3.32. The first-order valence-electron chi connectivity index (χ1n) is 11.1. The van der Waals surface area contributed by atoms with Crippen molar-refractivity contribution in [1.82, 2.24) is 5.32 Å². The SMILES string of the molecule is CCN(CC)c1ccc([C@@H]2C(C#N)=C(C)NC3=C2C(=O)C[C@H](c2ccccc2)C3)cc1. The van der Waals surface area contributed by atoms with Crippen LogP contribution >= 0.6 is 0 Å². The number of nitrogens with zero attached hydrogens (tertiary/aromatic N) is 2. The van der Waals surface area contributed by atoms with Gasteiger partial charge in [0.2, 0.25) is 0 Å². The third-order valence-electron chi connectivity index (χ3n) is 6.57. The third-order valence-corrected chi connectivity index (χ3v) is 6.57. The van der Waals surface area contributed by atoms with Crippen molar-refractivity contribution in [1.29, 1.82) is 5.26 Å². The Labute approximate surface area is 184 Å². The van der Waals surface area contributed by atoms with Crippen molar-refractivity contribution >= 4 is 11.5 Å². The van der Waals surface area contributed by atoms with Crippen LogP contribution in [0.4, 0.5) is 5.69 Å². The maximum Gasteiger partial charge on any atom is 0.162 e. The van der Waals surface area contributed by atoms with E-state index in [1.807, 2.05) is 25.1 Å². The van der Waals surface area contributed by atoms with Crippen LogP contribution in [0.25, 0.3) is 0 Å². The van der Waals surface area contributed by atoms with Gasteiger partial charge in [0.1, 0.15) is 0 Å². The Kier molecular flexibility index (Phi) is 5.95. The summed E-state index contributed by atoms with van der Waals surface area (Å²) in [5.74, 6) is 0.0129.